The summed E-state index contributed by atoms with van der Waals surface area (Å²) >= 11 is 5.78. The molecule has 16 heavy (non-hydrogen) atoms. The molecule has 0 saturated heterocycles. The van der Waals surface area contributed by atoms with Crippen LogP contribution < -0.4 is 5.32 Å². The van der Waals surface area contributed by atoms with Crippen molar-refractivity contribution in [1.29, 1.82) is 0 Å². The molecular formula is C12H13ClFNO. The van der Waals surface area contributed by atoms with Gasteiger partial charge in [-0.3, -0.25) is 4.79 Å². The van der Waals surface area contributed by atoms with Gasteiger partial charge < -0.3 is 5.32 Å². The van der Waals surface area contributed by atoms with Crippen LogP contribution in [0.5, 0.6) is 0 Å². The zero-order valence-corrected chi connectivity index (χ0v) is 9.77. The van der Waals surface area contributed by atoms with Gasteiger partial charge in [0.05, 0.1) is 5.54 Å². The average Bonchev–Trinajstić information content (AvgIpc) is 2.98. The van der Waals surface area contributed by atoms with E-state index in [9.17, 15) is 9.18 Å². The molecule has 1 saturated carbocycles. The topological polar surface area (TPSA) is 29.1 Å². The van der Waals surface area contributed by atoms with Crippen molar-refractivity contribution in [2.24, 2.45) is 0 Å². The lowest BCUT2D eigenvalue weighted by atomic mass is 10.1. The lowest BCUT2D eigenvalue weighted by molar-refractivity contribution is 0.0935. The quantitative estimate of drug-likeness (QED) is 0.810. The smallest absolute Gasteiger partial charge is 0.252 e. The third kappa shape index (κ3) is 2.19. The molecule has 1 aliphatic carbocycles. The predicted octanol–water partition coefficient (Wildman–Crippen LogP) is 2.64. The van der Waals surface area contributed by atoms with Gasteiger partial charge in [0.15, 0.2) is 0 Å². The summed E-state index contributed by atoms with van der Waals surface area (Å²) in [5, 5.41) is 2.90. The van der Waals surface area contributed by atoms with E-state index in [4.69, 9.17) is 11.6 Å². The van der Waals surface area contributed by atoms with Crippen LogP contribution in [-0.4, -0.2) is 17.3 Å². The molecule has 0 aliphatic heterocycles. The Labute approximate surface area is 98.8 Å². The third-order valence-corrected chi connectivity index (χ3v) is 3.43. The second kappa shape index (κ2) is 4.06. The number of rotatable bonds is 3. The van der Waals surface area contributed by atoms with E-state index in [1.807, 2.05) is 0 Å². The molecule has 2 nitrogen and oxygen atoms in total. The molecule has 2 rings (SSSR count). The summed E-state index contributed by atoms with van der Waals surface area (Å²) in [7, 11) is 0. The van der Waals surface area contributed by atoms with Gasteiger partial charge in [-0.25, -0.2) is 4.39 Å². The maximum atomic E-state index is 12.9. The molecule has 1 aromatic carbocycles. The SMILES string of the molecule is Cc1cc(F)ccc1C(=O)NC1(CCl)CC1. The van der Waals surface area contributed by atoms with Gasteiger partial charge in [0.2, 0.25) is 0 Å². The number of halogens is 2. The molecule has 1 amide bonds. The number of hydrogen-bond acceptors (Lipinski definition) is 1. The van der Waals surface area contributed by atoms with Gasteiger partial charge in [0.1, 0.15) is 5.82 Å². The van der Waals surface area contributed by atoms with Gasteiger partial charge in [-0.2, -0.15) is 0 Å². The van der Waals surface area contributed by atoms with Crippen molar-refractivity contribution >= 4 is 17.5 Å². The minimum Gasteiger partial charge on any atom is -0.345 e. The molecule has 1 aromatic rings. The fourth-order valence-corrected chi connectivity index (χ4v) is 1.97. The number of aryl methyl sites for hydroxylation is 1. The zero-order chi connectivity index (χ0) is 11.8. The van der Waals surface area contributed by atoms with Crippen LogP contribution in [0.1, 0.15) is 28.8 Å². The van der Waals surface area contributed by atoms with Crippen molar-refractivity contribution < 1.29 is 9.18 Å². The highest BCUT2D eigenvalue weighted by atomic mass is 35.5. The molecule has 0 atom stereocenters. The van der Waals surface area contributed by atoms with Gasteiger partial charge >= 0.3 is 0 Å². The highest BCUT2D eigenvalue weighted by molar-refractivity contribution is 6.19. The molecule has 0 radical (unpaired) electrons. The molecule has 0 unspecified atom stereocenters. The maximum absolute atomic E-state index is 12.9. The Morgan fingerprint density at radius 1 is 1.56 bits per heavy atom. The van der Waals surface area contributed by atoms with E-state index < -0.39 is 0 Å². The molecular weight excluding hydrogens is 229 g/mol. The number of hydrogen-bond donors (Lipinski definition) is 1. The Hall–Kier alpha value is -1.09. The third-order valence-electron chi connectivity index (χ3n) is 2.92. The van der Waals surface area contributed by atoms with Crippen molar-refractivity contribution in [3.05, 3.63) is 35.1 Å². The molecule has 1 N–H and O–H groups in total. The van der Waals surface area contributed by atoms with E-state index in [1.165, 1.54) is 18.2 Å². The van der Waals surface area contributed by atoms with E-state index in [1.54, 1.807) is 6.92 Å². The van der Waals surface area contributed by atoms with Crippen LogP contribution in [0, 0.1) is 12.7 Å². The van der Waals surface area contributed by atoms with Crippen LogP contribution in [0.15, 0.2) is 18.2 Å². The summed E-state index contributed by atoms with van der Waals surface area (Å²) in [5.74, 6) is -0.0675. The number of nitrogens with one attached hydrogen (secondary N) is 1. The second-order valence-electron chi connectivity index (χ2n) is 4.33. The van der Waals surface area contributed by atoms with E-state index in [2.05, 4.69) is 5.32 Å². The Balaban J connectivity index is 2.15. The van der Waals surface area contributed by atoms with Gasteiger partial charge in [-0.1, -0.05) is 0 Å². The summed E-state index contributed by atoms with van der Waals surface area (Å²) in [6.45, 7) is 1.72. The van der Waals surface area contributed by atoms with Crippen molar-refractivity contribution in [2.75, 3.05) is 5.88 Å². The number of carbonyl (C=O) groups excluding carboxylic acids is 1. The van der Waals surface area contributed by atoms with Crippen molar-refractivity contribution in [1.82, 2.24) is 5.32 Å². The Morgan fingerprint density at radius 3 is 2.75 bits per heavy atom. The van der Waals surface area contributed by atoms with Crippen LogP contribution in [-0.2, 0) is 0 Å². The monoisotopic (exact) mass is 241 g/mol. The van der Waals surface area contributed by atoms with E-state index in [0.717, 1.165) is 12.8 Å². The molecule has 86 valence electrons. The van der Waals surface area contributed by atoms with E-state index in [0.29, 0.717) is 17.0 Å². The first-order valence-electron chi connectivity index (χ1n) is 5.21. The molecule has 4 heteroatoms. The van der Waals surface area contributed by atoms with Gasteiger partial charge in [0, 0.05) is 11.4 Å². The van der Waals surface area contributed by atoms with Gasteiger partial charge in [0.25, 0.3) is 5.91 Å². The standard InChI is InChI=1S/C12H13ClFNO/c1-8-6-9(14)2-3-10(8)11(16)15-12(7-13)4-5-12/h2-3,6H,4-5,7H2,1H3,(H,15,16). The minimum atomic E-state index is -0.326. The molecule has 0 aromatic heterocycles. The fraction of sp³-hybridized carbons (Fsp3) is 0.417. The van der Waals surface area contributed by atoms with Crippen LogP contribution in [0.4, 0.5) is 4.39 Å². The summed E-state index contributed by atoms with van der Waals surface area (Å²) in [6, 6.07) is 4.15. The van der Waals surface area contributed by atoms with E-state index in [-0.39, 0.29) is 17.3 Å². The lowest BCUT2D eigenvalue weighted by Gasteiger charge is -2.15. The highest BCUT2D eigenvalue weighted by Gasteiger charge is 2.43. The molecule has 0 bridgehead atoms. The molecule has 0 heterocycles. The van der Waals surface area contributed by atoms with Gasteiger partial charge in [-0.05, 0) is 43.5 Å². The first kappa shape index (κ1) is 11.4. The van der Waals surface area contributed by atoms with Gasteiger partial charge in [-0.15, -0.1) is 11.6 Å². The van der Waals surface area contributed by atoms with Crippen LogP contribution in [0.3, 0.4) is 0 Å². The molecule has 1 aliphatic rings. The number of carbonyl (C=O) groups is 1. The first-order valence-corrected chi connectivity index (χ1v) is 5.74. The summed E-state index contributed by atoms with van der Waals surface area (Å²) < 4.78 is 12.9. The van der Waals surface area contributed by atoms with Crippen LogP contribution >= 0.6 is 11.6 Å². The minimum absolute atomic E-state index is 0.171. The average molecular weight is 242 g/mol. The summed E-state index contributed by atoms with van der Waals surface area (Å²) in [4.78, 5) is 11.9. The Morgan fingerprint density at radius 2 is 2.25 bits per heavy atom. The first-order chi connectivity index (χ1) is 7.56. The van der Waals surface area contributed by atoms with Crippen molar-refractivity contribution in [3.63, 3.8) is 0 Å². The van der Waals surface area contributed by atoms with Crippen LogP contribution in [0.2, 0.25) is 0 Å². The van der Waals surface area contributed by atoms with Crippen molar-refractivity contribution in [3.8, 4) is 0 Å². The van der Waals surface area contributed by atoms with Crippen molar-refractivity contribution in [2.45, 2.75) is 25.3 Å². The normalized spacial score (nSPS) is 16.9. The van der Waals surface area contributed by atoms with E-state index >= 15 is 0 Å². The number of amides is 1. The number of benzene rings is 1. The predicted molar refractivity (Wildman–Crippen MR) is 61.3 cm³/mol. The second-order valence-corrected chi connectivity index (χ2v) is 4.59. The maximum Gasteiger partial charge on any atom is 0.252 e. The number of alkyl halides is 1. The fourth-order valence-electron chi connectivity index (χ4n) is 1.63. The summed E-state index contributed by atoms with van der Waals surface area (Å²) in [6.07, 6.45) is 1.84. The Kier molecular flexibility index (Phi) is 2.89. The molecule has 0 spiro atoms. The largest absolute Gasteiger partial charge is 0.345 e. The highest BCUT2D eigenvalue weighted by Crippen LogP contribution is 2.36. The Bertz CT molecular complexity index is 429. The lowest BCUT2D eigenvalue weighted by Crippen LogP contribution is -2.38. The molecule has 1 fully saturated rings. The zero-order valence-electron chi connectivity index (χ0n) is 9.02. The summed E-state index contributed by atoms with van der Waals surface area (Å²) in [5.41, 5.74) is 0.931. The van der Waals surface area contributed by atoms with Crippen LogP contribution in [0.25, 0.3) is 0 Å².